The number of ether oxygens (including phenoxy) is 2. The Labute approximate surface area is 202 Å². The van der Waals surface area contributed by atoms with Gasteiger partial charge in [-0.2, -0.15) is 5.10 Å². The molecule has 1 aliphatic rings. The lowest BCUT2D eigenvalue weighted by Crippen LogP contribution is -2.35. The van der Waals surface area contributed by atoms with Gasteiger partial charge in [0.15, 0.2) is 6.61 Å². The lowest BCUT2D eigenvalue weighted by atomic mass is 10.0. The molecule has 0 fully saturated rings. The number of carbonyl (C=O) groups excluding carboxylic acids is 3. The minimum atomic E-state index is -0.715. The summed E-state index contributed by atoms with van der Waals surface area (Å²) in [4.78, 5) is 37.0. The van der Waals surface area contributed by atoms with E-state index in [1.165, 1.54) is 11.3 Å². The highest BCUT2D eigenvalue weighted by Gasteiger charge is 2.35. The second-order valence-electron chi connectivity index (χ2n) is 7.85. The smallest absolute Gasteiger partial charge is 0.325 e. The van der Waals surface area contributed by atoms with E-state index in [1.807, 2.05) is 54.6 Å². The molecule has 2 amide bonds. The topological polar surface area (TPSA) is 110 Å². The monoisotopic (exact) mass is 475 g/mol. The van der Waals surface area contributed by atoms with Crippen molar-refractivity contribution in [2.24, 2.45) is 5.10 Å². The number of amides is 2. The van der Waals surface area contributed by atoms with Crippen LogP contribution in [0, 0.1) is 0 Å². The molecule has 2 heterocycles. The Morgan fingerprint density at radius 2 is 1.83 bits per heavy atom. The highest BCUT2D eigenvalue weighted by molar-refractivity contribution is 6.03. The van der Waals surface area contributed by atoms with Crippen molar-refractivity contribution in [3.63, 3.8) is 0 Å². The fraction of sp³-hybridized carbons (Fsp3) is 0.231. The molecule has 3 aromatic rings. The number of furan rings is 1. The Morgan fingerprint density at radius 1 is 1.06 bits per heavy atom. The van der Waals surface area contributed by atoms with Gasteiger partial charge in [0.2, 0.25) is 5.91 Å². The lowest BCUT2D eigenvalue weighted by Gasteiger charge is -2.19. The lowest BCUT2D eigenvalue weighted by molar-refractivity contribution is -0.152. The normalized spacial score (nSPS) is 14.8. The van der Waals surface area contributed by atoms with Crippen LogP contribution in [-0.4, -0.2) is 48.8 Å². The molecular weight excluding hydrogens is 450 g/mol. The molecule has 0 bridgehead atoms. The molecular formula is C26H25N3O6. The Kier molecular flexibility index (Phi) is 7.57. The van der Waals surface area contributed by atoms with Crippen molar-refractivity contribution >= 4 is 23.5 Å². The van der Waals surface area contributed by atoms with Gasteiger partial charge >= 0.3 is 5.97 Å². The van der Waals surface area contributed by atoms with Crippen LogP contribution in [0.15, 0.2) is 82.5 Å². The van der Waals surface area contributed by atoms with Crippen LogP contribution in [0.25, 0.3) is 0 Å². The average Bonchev–Trinajstić information content (AvgIpc) is 3.57. The van der Waals surface area contributed by atoms with Crippen LogP contribution in [0.5, 0.6) is 5.75 Å². The van der Waals surface area contributed by atoms with E-state index in [-0.39, 0.29) is 18.9 Å². The van der Waals surface area contributed by atoms with Crippen LogP contribution in [0.4, 0.5) is 0 Å². The average molecular weight is 476 g/mol. The number of nitrogens with one attached hydrogen (secondary N) is 1. The quantitative estimate of drug-likeness (QED) is 0.477. The SMILES string of the molecule is COc1ccc(C2=NN(C(=O)COC(=O)CNC(=O)Cc3ccccc3)C(c3ccco3)C2)cc1. The summed E-state index contributed by atoms with van der Waals surface area (Å²) >= 11 is 0. The molecule has 1 aliphatic heterocycles. The third-order valence-electron chi connectivity index (χ3n) is 5.45. The summed E-state index contributed by atoms with van der Waals surface area (Å²) in [5.74, 6) is -0.242. The number of esters is 1. The highest BCUT2D eigenvalue weighted by Crippen LogP contribution is 2.33. The van der Waals surface area contributed by atoms with Crippen LogP contribution in [-0.2, 0) is 25.5 Å². The van der Waals surface area contributed by atoms with E-state index in [4.69, 9.17) is 13.9 Å². The fourth-order valence-corrected chi connectivity index (χ4v) is 3.67. The maximum absolute atomic E-state index is 12.9. The summed E-state index contributed by atoms with van der Waals surface area (Å²) in [6.45, 7) is -0.842. The summed E-state index contributed by atoms with van der Waals surface area (Å²) < 4.78 is 15.8. The molecule has 4 rings (SSSR count). The Hall–Kier alpha value is -4.40. The molecule has 35 heavy (non-hydrogen) atoms. The number of methoxy groups -OCH3 is 1. The fourth-order valence-electron chi connectivity index (χ4n) is 3.67. The number of rotatable bonds is 9. The molecule has 0 spiro atoms. The summed E-state index contributed by atoms with van der Waals surface area (Å²) in [7, 11) is 1.59. The van der Waals surface area contributed by atoms with E-state index < -0.39 is 24.5 Å². The molecule has 0 saturated carbocycles. The number of benzene rings is 2. The van der Waals surface area contributed by atoms with Crippen molar-refractivity contribution < 1.29 is 28.3 Å². The van der Waals surface area contributed by atoms with Crippen LogP contribution in [0.2, 0.25) is 0 Å². The number of hydrazone groups is 1. The molecule has 180 valence electrons. The van der Waals surface area contributed by atoms with Crippen molar-refractivity contribution in [2.75, 3.05) is 20.3 Å². The molecule has 9 nitrogen and oxygen atoms in total. The first-order valence-corrected chi connectivity index (χ1v) is 11.1. The van der Waals surface area contributed by atoms with Crippen LogP contribution in [0.3, 0.4) is 0 Å². The Morgan fingerprint density at radius 3 is 2.51 bits per heavy atom. The minimum absolute atomic E-state index is 0.147. The van der Waals surface area contributed by atoms with E-state index in [0.29, 0.717) is 23.6 Å². The van der Waals surface area contributed by atoms with Crippen molar-refractivity contribution in [3.8, 4) is 5.75 Å². The van der Waals surface area contributed by atoms with Gasteiger partial charge in [0, 0.05) is 6.42 Å². The zero-order valence-electron chi connectivity index (χ0n) is 19.2. The predicted octanol–water partition coefficient (Wildman–Crippen LogP) is 2.87. The van der Waals surface area contributed by atoms with E-state index in [9.17, 15) is 14.4 Å². The van der Waals surface area contributed by atoms with E-state index in [2.05, 4.69) is 10.4 Å². The summed E-state index contributed by atoms with van der Waals surface area (Å²) in [6.07, 6.45) is 2.12. The maximum atomic E-state index is 12.9. The van der Waals surface area contributed by atoms with E-state index in [1.54, 1.807) is 19.2 Å². The maximum Gasteiger partial charge on any atom is 0.325 e. The molecule has 1 atom stereocenters. The Bertz CT molecular complexity index is 1190. The summed E-state index contributed by atoms with van der Waals surface area (Å²) in [5, 5.41) is 8.27. The second-order valence-corrected chi connectivity index (χ2v) is 7.85. The predicted molar refractivity (Wildman–Crippen MR) is 127 cm³/mol. The molecule has 0 radical (unpaired) electrons. The van der Waals surface area contributed by atoms with Crippen LogP contribution < -0.4 is 10.1 Å². The van der Waals surface area contributed by atoms with Gasteiger partial charge in [0.25, 0.3) is 5.91 Å². The first-order valence-electron chi connectivity index (χ1n) is 11.1. The van der Waals surface area contributed by atoms with Gasteiger partial charge in [0.05, 0.1) is 25.5 Å². The molecule has 1 N–H and O–H groups in total. The summed E-state index contributed by atoms with van der Waals surface area (Å²) in [6, 6.07) is 19.6. The largest absolute Gasteiger partial charge is 0.497 e. The standard InChI is InChI=1S/C26H25N3O6/c1-33-20-11-9-19(10-12-20)21-15-22(23-8-5-13-34-23)29(28-21)25(31)17-35-26(32)16-27-24(30)14-18-6-3-2-4-7-18/h2-13,22H,14-17H2,1H3,(H,27,30). The molecule has 1 unspecified atom stereocenters. The van der Waals surface area contributed by atoms with Crippen molar-refractivity contribution in [3.05, 3.63) is 89.9 Å². The number of nitrogens with zero attached hydrogens (tertiary/aromatic N) is 2. The number of hydrogen-bond acceptors (Lipinski definition) is 7. The summed E-state index contributed by atoms with van der Waals surface area (Å²) in [5.41, 5.74) is 2.37. The molecule has 2 aromatic carbocycles. The second kappa shape index (κ2) is 11.1. The van der Waals surface area contributed by atoms with E-state index >= 15 is 0 Å². The number of carbonyl (C=O) groups is 3. The van der Waals surface area contributed by atoms with Gasteiger partial charge in [-0.15, -0.1) is 0 Å². The first-order chi connectivity index (χ1) is 17.0. The minimum Gasteiger partial charge on any atom is -0.497 e. The van der Waals surface area contributed by atoms with Gasteiger partial charge in [-0.05, 0) is 47.5 Å². The molecule has 1 aromatic heterocycles. The van der Waals surface area contributed by atoms with Crippen molar-refractivity contribution in [1.29, 1.82) is 0 Å². The van der Waals surface area contributed by atoms with Crippen LogP contribution in [0.1, 0.15) is 29.3 Å². The third-order valence-corrected chi connectivity index (χ3v) is 5.45. The molecule has 0 saturated heterocycles. The molecule has 9 heteroatoms. The number of hydrogen-bond donors (Lipinski definition) is 1. The zero-order chi connectivity index (χ0) is 24.6. The first kappa shape index (κ1) is 23.7. The van der Waals surface area contributed by atoms with Gasteiger partial charge < -0.3 is 19.2 Å². The van der Waals surface area contributed by atoms with Gasteiger partial charge in [-0.25, -0.2) is 5.01 Å². The highest BCUT2D eigenvalue weighted by atomic mass is 16.5. The van der Waals surface area contributed by atoms with Gasteiger partial charge in [-0.3, -0.25) is 14.4 Å². The van der Waals surface area contributed by atoms with Crippen molar-refractivity contribution in [1.82, 2.24) is 10.3 Å². The van der Waals surface area contributed by atoms with Crippen LogP contribution >= 0.6 is 0 Å². The zero-order valence-corrected chi connectivity index (χ0v) is 19.2. The van der Waals surface area contributed by atoms with Gasteiger partial charge in [-0.1, -0.05) is 30.3 Å². The van der Waals surface area contributed by atoms with Gasteiger partial charge in [0.1, 0.15) is 24.1 Å². The molecule has 0 aliphatic carbocycles. The van der Waals surface area contributed by atoms with E-state index in [0.717, 1.165) is 11.1 Å². The third kappa shape index (κ3) is 6.14. The van der Waals surface area contributed by atoms with Crippen molar-refractivity contribution in [2.45, 2.75) is 18.9 Å². The Balaban J connectivity index is 1.34.